The maximum absolute atomic E-state index is 12.1. The Hall–Kier alpha value is -0.940. The molecule has 0 bridgehead atoms. The highest BCUT2D eigenvalue weighted by Crippen LogP contribution is 2.24. The van der Waals surface area contributed by atoms with Gasteiger partial charge in [0, 0.05) is 21.1 Å². The van der Waals surface area contributed by atoms with Crippen molar-refractivity contribution in [3.63, 3.8) is 0 Å². The van der Waals surface area contributed by atoms with Crippen molar-refractivity contribution in [1.29, 1.82) is 0 Å². The van der Waals surface area contributed by atoms with Gasteiger partial charge in [0.1, 0.15) is 0 Å². The first-order chi connectivity index (χ1) is 8.87. The second-order valence-corrected chi connectivity index (χ2v) is 6.62. The molecule has 0 aromatic heterocycles. The van der Waals surface area contributed by atoms with Gasteiger partial charge >= 0.3 is 0 Å². The predicted molar refractivity (Wildman–Crippen MR) is 77.6 cm³/mol. The maximum atomic E-state index is 12.1. The van der Waals surface area contributed by atoms with E-state index in [9.17, 15) is 8.42 Å². The fraction of sp³-hybridized carbons (Fsp3) is 0. The Morgan fingerprint density at radius 3 is 2.11 bits per heavy atom. The van der Waals surface area contributed by atoms with Gasteiger partial charge in [-0.3, -0.25) is 4.72 Å². The third kappa shape index (κ3) is 3.76. The summed E-state index contributed by atoms with van der Waals surface area (Å²) < 4.78 is 26.6. The number of halogens is 3. The highest BCUT2D eigenvalue weighted by atomic mass is 35.5. The summed E-state index contributed by atoms with van der Waals surface area (Å²) in [5.74, 6) is 0. The Kier molecular flexibility index (Phi) is 4.26. The fourth-order valence-corrected chi connectivity index (χ4v) is 3.23. The maximum Gasteiger partial charge on any atom is 0.262 e. The van der Waals surface area contributed by atoms with Crippen LogP contribution in [0, 0.1) is 6.07 Å². The van der Waals surface area contributed by atoms with Crippen molar-refractivity contribution in [3.05, 3.63) is 57.5 Å². The van der Waals surface area contributed by atoms with Crippen LogP contribution in [0.1, 0.15) is 0 Å². The summed E-state index contributed by atoms with van der Waals surface area (Å²) in [6.07, 6.45) is 0. The number of nitrogens with one attached hydrogen (secondary N) is 1. The lowest BCUT2D eigenvalue weighted by Crippen LogP contribution is -2.12. The molecule has 0 unspecified atom stereocenters. The van der Waals surface area contributed by atoms with E-state index in [1.54, 1.807) is 6.07 Å². The largest absolute Gasteiger partial charge is 0.279 e. The van der Waals surface area contributed by atoms with E-state index in [2.05, 4.69) is 10.8 Å². The zero-order valence-corrected chi connectivity index (χ0v) is 12.4. The van der Waals surface area contributed by atoms with Gasteiger partial charge in [-0.1, -0.05) is 34.8 Å². The number of hydrogen-bond acceptors (Lipinski definition) is 2. The monoisotopic (exact) mass is 334 g/mol. The Morgan fingerprint density at radius 1 is 0.947 bits per heavy atom. The Morgan fingerprint density at radius 2 is 1.58 bits per heavy atom. The van der Waals surface area contributed by atoms with Gasteiger partial charge in [0.05, 0.1) is 10.6 Å². The van der Waals surface area contributed by atoms with Crippen LogP contribution in [-0.4, -0.2) is 8.42 Å². The van der Waals surface area contributed by atoms with Gasteiger partial charge in [0.2, 0.25) is 0 Å². The van der Waals surface area contributed by atoms with Gasteiger partial charge in [0.25, 0.3) is 10.0 Å². The molecule has 19 heavy (non-hydrogen) atoms. The van der Waals surface area contributed by atoms with Crippen molar-refractivity contribution in [1.82, 2.24) is 0 Å². The molecular formula is C12H7Cl3NO2S. The highest BCUT2D eigenvalue weighted by Gasteiger charge is 2.15. The van der Waals surface area contributed by atoms with E-state index in [4.69, 9.17) is 34.8 Å². The molecule has 7 heteroatoms. The molecule has 0 spiro atoms. The van der Waals surface area contributed by atoms with Gasteiger partial charge in [-0.15, -0.1) is 0 Å². The summed E-state index contributed by atoms with van der Waals surface area (Å²) in [6, 6.07) is 11.3. The molecule has 0 aliphatic carbocycles. The van der Waals surface area contributed by atoms with E-state index in [1.807, 2.05) is 0 Å². The summed E-state index contributed by atoms with van der Waals surface area (Å²) in [5.41, 5.74) is 0.278. The van der Waals surface area contributed by atoms with Crippen LogP contribution < -0.4 is 4.72 Å². The first kappa shape index (κ1) is 14.5. The van der Waals surface area contributed by atoms with Crippen molar-refractivity contribution in [2.75, 3.05) is 4.72 Å². The van der Waals surface area contributed by atoms with E-state index >= 15 is 0 Å². The smallest absolute Gasteiger partial charge is 0.262 e. The summed E-state index contributed by atoms with van der Waals surface area (Å²) in [5, 5.41) is 0.953. The molecule has 0 atom stereocenters. The average Bonchev–Trinajstić information content (AvgIpc) is 2.31. The highest BCUT2D eigenvalue weighted by molar-refractivity contribution is 7.92. The van der Waals surface area contributed by atoms with Crippen LogP contribution in [0.2, 0.25) is 15.1 Å². The molecule has 0 saturated heterocycles. The van der Waals surface area contributed by atoms with Gasteiger partial charge in [-0.2, -0.15) is 0 Å². The Labute approximate surface area is 126 Å². The molecule has 3 nitrogen and oxygen atoms in total. The minimum absolute atomic E-state index is 0.0200. The Balaban J connectivity index is 2.34. The summed E-state index contributed by atoms with van der Waals surface area (Å²) in [4.78, 5) is -0.0200. The second kappa shape index (κ2) is 5.59. The lowest BCUT2D eigenvalue weighted by molar-refractivity contribution is 0.601. The molecule has 0 aliphatic heterocycles. The first-order valence-electron chi connectivity index (χ1n) is 5.03. The van der Waals surface area contributed by atoms with Gasteiger partial charge < -0.3 is 0 Å². The van der Waals surface area contributed by atoms with E-state index in [0.29, 0.717) is 5.02 Å². The lowest BCUT2D eigenvalue weighted by Gasteiger charge is -2.08. The zero-order chi connectivity index (χ0) is 14.0. The van der Waals surface area contributed by atoms with Crippen LogP contribution in [0.5, 0.6) is 0 Å². The first-order valence-corrected chi connectivity index (χ1v) is 7.65. The number of rotatable bonds is 3. The number of benzene rings is 2. The van der Waals surface area contributed by atoms with Crippen LogP contribution in [-0.2, 0) is 10.0 Å². The molecule has 0 fully saturated rings. The van der Waals surface area contributed by atoms with Crippen molar-refractivity contribution >= 4 is 50.5 Å². The van der Waals surface area contributed by atoms with Gasteiger partial charge in [-0.05, 0) is 36.4 Å². The van der Waals surface area contributed by atoms with E-state index in [1.165, 1.54) is 30.3 Å². The molecule has 1 radical (unpaired) electrons. The SMILES string of the molecule is O=S(=O)(Nc1[c]cc(Cl)cc1)c1cc(Cl)cc(Cl)c1. The van der Waals surface area contributed by atoms with Crippen LogP contribution >= 0.6 is 34.8 Å². The molecule has 99 valence electrons. The fourth-order valence-electron chi connectivity index (χ4n) is 1.36. The van der Waals surface area contributed by atoms with Crippen molar-refractivity contribution < 1.29 is 8.42 Å². The van der Waals surface area contributed by atoms with Crippen LogP contribution in [0.3, 0.4) is 0 Å². The molecular weight excluding hydrogens is 329 g/mol. The minimum Gasteiger partial charge on any atom is -0.279 e. The standard InChI is InChI=1S/C12H7Cl3NO2S/c13-8-1-3-11(4-2-8)16-19(17,18)12-6-9(14)5-10(15)7-12/h1-3,5-7,16H. The second-order valence-electron chi connectivity index (χ2n) is 3.63. The van der Waals surface area contributed by atoms with Crippen molar-refractivity contribution in [3.8, 4) is 0 Å². The normalized spacial score (nSPS) is 11.3. The topological polar surface area (TPSA) is 46.2 Å². The molecule has 0 saturated carbocycles. The third-order valence-electron chi connectivity index (χ3n) is 2.17. The van der Waals surface area contributed by atoms with Crippen molar-refractivity contribution in [2.24, 2.45) is 0 Å². The number of anilines is 1. The molecule has 2 aromatic rings. The lowest BCUT2D eigenvalue weighted by atomic mass is 10.3. The quantitative estimate of drug-likeness (QED) is 0.911. The molecule has 0 aliphatic rings. The molecule has 0 amide bonds. The number of sulfonamides is 1. The van der Waals surface area contributed by atoms with Crippen LogP contribution in [0.4, 0.5) is 5.69 Å². The summed E-state index contributed by atoms with van der Waals surface area (Å²) in [7, 11) is -3.76. The van der Waals surface area contributed by atoms with Gasteiger partial charge in [0.15, 0.2) is 0 Å². The average molecular weight is 336 g/mol. The molecule has 2 aromatic carbocycles. The predicted octanol–water partition coefficient (Wildman–Crippen LogP) is 4.25. The van der Waals surface area contributed by atoms with Crippen molar-refractivity contribution in [2.45, 2.75) is 4.90 Å². The number of hydrogen-bond donors (Lipinski definition) is 1. The van der Waals surface area contributed by atoms with Crippen LogP contribution in [0.25, 0.3) is 0 Å². The van der Waals surface area contributed by atoms with Gasteiger partial charge in [-0.25, -0.2) is 8.42 Å². The molecule has 1 N–H and O–H groups in total. The molecule has 0 heterocycles. The summed E-state index contributed by atoms with van der Waals surface area (Å²) >= 11 is 17.3. The van der Waals surface area contributed by atoms with E-state index < -0.39 is 10.0 Å². The van der Waals surface area contributed by atoms with Crippen LogP contribution in [0.15, 0.2) is 41.3 Å². The summed E-state index contributed by atoms with van der Waals surface area (Å²) in [6.45, 7) is 0. The van der Waals surface area contributed by atoms with E-state index in [0.717, 1.165) is 0 Å². The molecule has 2 rings (SSSR count). The minimum atomic E-state index is -3.76. The zero-order valence-electron chi connectivity index (χ0n) is 9.32. The third-order valence-corrected chi connectivity index (χ3v) is 4.18. The van der Waals surface area contributed by atoms with E-state index in [-0.39, 0.29) is 20.6 Å². The Bertz CT molecular complexity index is 679.